The first kappa shape index (κ1) is 16.0. The number of amides is 1. The molecule has 3 nitrogen and oxygen atoms in total. The number of pyridine rings is 1. The normalized spacial score (nSPS) is 10.7. The van der Waals surface area contributed by atoms with Crippen LogP contribution in [0.2, 0.25) is 0 Å². The number of para-hydroxylation sites is 2. The van der Waals surface area contributed by atoms with Gasteiger partial charge in [0.2, 0.25) is 0 Å². The minimum absolute atomic E-state index is 0.279. The summed E-state index contributed by atoms with van der Waals surface area (Å²) >= 11 is 0. The predicted octanol–water partition coefficient (Wildman–Crippen LogP) is 5.35. The molecule has 0 N–H and O–H groups in total. The summed E-state index contributed by atoms with van der Waals surface area (Å²) in [6.45, 7) is 0. The van der Waals surface area contributed by atoms with Crippen molar-refractivity contribution in [2.45, 2.75) is 0 Å². The van der Waals surface area contributed by atoms with Gasteiger partial charge < -0.3 is 0 Å². The van der Waals surface area contributed by atoms with Gasteiger partial charge in [0, 0.05) is 22.8 Å². The minimum Gasteiger partial charge on any atom is -0.275 e. The summed E-state index contributed by atoms with van der Waals surface area (Å²) < 4.78 is 13.7. The molecule has 0 aliphatic carbocycles. The van der Waals surface area contributed by atoms with Crippen LogP contribution < -0.4 is 4.90 Å². The van der Waals surface area contributed by atoms with Crippen LogP contribution in [0.3, 0.4) is 0 Å². The lowest BCUT2D eigenvalue weighted by atomic mass is 10.1. The molecule has 1 aromatic heterocycles. The summed E-state index contributed by atoms with van der Waals surface area (Å²) in [5.74, 6) is -0.756. The molecule has 0 bridgehead atoms. The summed E-state index contributed by atoms with van der Waals surface area (Å²) in [5.41, 5.74) is 2.34. The number of aromatic nitrogens is 1. The number of halogens is 1. The molecule has 4 rings (SSSR count). The van der Waals surface area contributed by atoms with E-state index in [-0.39, 0.29) is 11.5 Å². The van der Waals surface area contributed by atoms with Crippen LogP contribution in [0.15, 0.2) is 91.1 Å². The van der Waals surface area contributed by atoms with Crippen LogP contribution in [0.4, 0.5) is 15.8 Å². The topological polar surface area (TPSA) is 33.2 Å². The van der Waals surface area contributed by atoms with Gasteiger partial charge in [-0.15, -0.1) is 0 Å². The van der Waals surface area contributed by atoms with Gasteiger partial charge in [-0.25, -0.2) is 4.39 Å². The number of hydrogen-bond donors (Lipinski definition) is 0. The van der Waals surface area contributed by atoms with Crippen LogP contribution in [0, 0.1) is 5.82 Å². The van der Waals surface area contributed by atoms with Crippen LogP contribution in [0.1, 0.15) is 10.4 Å². The smallest absolute Gasteiger partial charge is 0.263 e. The first-order chi connectivity index (χ1) is 12.7. The first-order valence-electron chi connectivity index (χ1n) is 8.23. The van der Waals surface area contributed by atoms with Gasteiger partial charge >= 0.3 is 0 Å². The SMILES string of the molecule is O=C(c1cccc(F)c1)N(c1ccccc1)c1cccc2cccnc12. The molecule has 1 amide bonds. The molecule has 4 heteroatoms. The number of rotatable bonds is 3. The van der Waals surface area contributed by atoms with Crippen molar-refractivity contribution in [2.24, 2.45) is 0 Å². The fraction of sp³-hybridized carbons (Fsp3) is 0. The molecular weight excluding hydrogens is 327 g/mol. The van der Waals surface area contributed by atoms with Gasteiger partial charge in [0.1, 0.15) is 5.82 Å². The highest BCUT2D eigenvalue weighted by Gasteiger charge is 2.22. The zero-order chi connectivity index (χ0) is 17.9. The summed E-state index contributed by atoms with van der Waals surface area (Å²) in [7, 11) is 0. The van der Waals surface area contributed by atoms with E-state index in [1.807, 2.05) is 60.7 Å². The summed E-state index contributed by atoms with van der Waals surface area (Å²) in [6.07, 6.45) is 1.70. The third-order valence-corrected chi connectivity index (χ3v) is 4.14. The van der Waals surface area contributed by atoms with Crippen molar-refractivity contribution in [1.29, 1.82) is 0 Å². The van der Waals surface area contributed by atoms with E-state index in [4.69, 9.17) is 0 Å². The van der Waals surface area contributed by atoms with Crippen molar-refractivity contribution in [1.82, 2.24) is 4.98 Å². The van der Waals surface area contributed by atoms with Crippen LogP contribution in [0.25, 0.3) is 10.9 Å². The molecule has 126 valence electrons. The molecule has 0 saturated carbocycles. The van der Waals surface area contributed by atoms with Crippen LogP contribution in [-0.2, 0) is 0 Å². The van der Waals surface area contributed by atoms with Gasteiger partial charge in [0.05, 0.1) is 11.2 Å². The maximum atomic E-state index is 13.7. The van der Waals surface area contributed by atoms with Gasteiger partial charge in [-0.05, 0) is 42.5 Å². The van der Waals surface area contributed by atoms with E-state index < -0.39 is 5.82 Å². The lowest BCUT2D eigenvalue weighted by Crippen LogP contribution is -2.26. The molecule has 0 aliphatic rings. The van der Waals surface area contributed by atoms with Crippen LogP contribution in [0.5, 0.6) is 0 Å². The number of hydrogen-bond acceptors (Lipinski definition) is 2. The fourth-order valence-corrected chi connectivity index (χ4v) is 2.96. The monoisotopic (exact) mass is 342 g/mol. The van der Waals surface area contributed by atoms with Crippen molar-refractivity contribution >= 4 is 28.2 Å². The van der Waals surface area contributed by atoms with Gasteiger partial charge in [-0.3, -0.25) is 14.7 Å². The van der Waals surface area contributed by atoms with E-state index in [1.165, 1.54) is 18.2 Å². The lowest BCUT2D eigenvalue weighted by molar-refractivity contribution is 0.0999. The number of benzene rings is 3. The molecule has 0 saturated heterocycles. The Kier molecular flexibility index (Phi) is 4.15. The number of fused-ring (bicyclic) bond motifs is 1. The Morgan fingerprint density at radius 2 is 1.62 bits per heavy atom. The summed E-state index contributed by atoms with van der Waals surface area (Å²) in [4.78, 5) is 19.3. The number of carbonyl (C=O) groups excluding carboxylic acids is 1. The molecule has 0 aliphatic heterocycles. The third kappa shape index (κ3) is 2.93. The number of nitrogens with zero attached hydrogens (tertiary/aromatic N) is 2. The second-order valence-corrected chi connectivity index (χ2v) is 5.84. The van der Waals surface area contributed by atoms with Gasteiger partial charge in [0.15, 0.2) is 0 Å². The quantitative estimate of drug-likeness (QED) is 0.503. The maximum Gasteiger partial charge on any atom is 0.263 e. The second kappa shape index (κ2) is 6.76. The largest absolute Gasteiger partial charge is 0.275 e. The molecular formula is C22H15FN2O. The summed E-state index contributed by atoms with van der Waals surface area (Å²) in [5, 5.41) is 0.929. The van der Waals surface area contributed by atoms with Crippen molar-refractivity contribution in [3.63, 3.8) is 0 Å². The van der Waals surface area contributed by atoms with E-state index in [9.17, 15) is 9.18 Å². The molecule has 0 atom stereocenters. The average molecular weight is 342 g/mol. The van der Waals surface area contributed by atoms with E-state index >= 15 is 0 Å². The molecule has 1 heterocycles. The molecule has 0 fully saturated rings. The van der Waals surface area contributed by atoms with E-state index in [0.717, 1.165) is 5.39 Å². The Balaban J connectivity index is 1.93. The molecule has 0 spiro atoms. The Morgan fingerprint density at radius 1 is 0.846 bits per heavy atom. The Labute approximate surface area is 150 Å². The average Bonchev–Trinajstić information content (AvgIpc) is 2.69. The molecule has 26 heavy (non-hydrogen) atoms. The third-order valence-electron chi connectivity index (χ3n) is 4.14. The highest BCUT2D eigenvalue weighted by Crippen LogP contribution is 2.32. The van der Waals surface area contributed by atoms with Crippen molar-refractivity contribution < 1.29 is 9.18 Å². The number of anilines is 2. The second-order valence-electron chi connectivity index (χ2n) is 5.84. The fourth-order valence-electron chi connectivity index (χ4n) is 2.96. The van der Waals surface area contributed by atoms with Crippen molar-refractivity contribution in [3.8, 4) is 0 Å². The maximum absolute atomic E-state index is 13.7. The summed E-state index contributed by atoms with van der Waals surface area (Å²) in [6, 6.07) is 24.5. The zero-order valence-corrected chi connectivity index (χ0v) is 13.8. The van der Waals surface area contributed by atoms with Crippen LogP contribution in [-0.4, -0.2) is 10.9 Å². The van der Waals surface area contributed by atoms with Gasteiger partial charge in [-0.2, -0.15) is 0 Å². The standard InChI is InChI=1S/C22H15FN2O/c23-18-10-4-8-17(15-18)22(26)25(19-11-2-1-3-12-19)20-13-5-7-16-9-6-14-24-21(16)20/h1-15H. The highest BCUT2D eigenvalue weighted by atomic mass is 19.1. The van der Waals surface area contributed by atoms with Crippen molar-refractivity contribution in [3.05, 3.63) is 103 Å². The molecule has 0 unspecified atom stereocenters. The first-order valence-corrected chi connectivity index (χ1v) is 8.23. The molecule has 3 aromatic carbocycles. The molecule has 0 radical (unpaired) electrons. The minimum atomic E-state index is -0.445. The predicted molar refractivity (Wildman–Crippen MR) is 101 cm³/mol. The highest BCUT2D eigenvalue weighted by molar-refractivity contribution is 6.14. The Morgan fingerprint density at radius 3 is 2.42 bits per heavy atom. The van der Waals surface area contributed by atoms with E-state index in [2.05, 4.69) is 4.98 Å². The van der Waals surface area contributed by atoms with Crippen LogP contribution >= 0.6 is 0 Å². The van der Waals surface area contributed by atoms with Crippen molar-refractivity contribution in [2.75, 3.05) is 4.90 Å². The van der Waals surface area contributed by atoms with E-state index in [1.54, 1.807) is 17.2 Å². The van der Waals surface area contributed by atoms with Gasteiger partial charge in [0.25, 0.3) is 5.91 Å². The number of carbonyl (C=O) groups is 1. The molecule has 4 aromatic rings. The zero-order valence-electron chi connectivity index (χ0n) is 13.8. The lowest BCUT2D eigenvalue weighted by Gasteiger charge is -2.24. The van der Waals surface area contributed by atoms with E-state index in [0.29, 0.717) is 16.9 Å². The Bertz CT molecular complexity index is 1070. The van der Waals surface area contributed by atoms with Gasteiger partial charge in [-0.1, -0.05) is 42.5 Å². The Hall–Kier alpha value is -3.53.